The van der Waals surface area contributed by atoms with Crippen LogP contribution in [0.15, 0.2) is 95.7 Å². The van der Waals surface area contributed by atoms with Gasteiger partial charge in [-0.1, -0.05) is 183 Å². The number of hydrogen-bond donors (Lipinski definition) is 0. The van der Waals surface area contributed by atoms with Gasteiger partial charge in [0.25, 0.3) is 0 Å². The third kappa shape index (κ3) is 14.3. The molecule has 0 N–H and O–H groups in total. The van der Waals surface area contributed by atoms with Crippen molar-refractivity contribution >= 4 is 11.8 Å². The zero-order valence-corrected chi connectivity index (χ0v) is 36.6. The number of unbranched alkanes of at least 4 members (excludes halogenated alkanes) is 12. The lowest BCUT2D eigenvalue weighted by Gasteiger charge is -2.18. The van der Waals surface area contributed by atoms with Crippen LogP contribution in [0.25, 0.3) is 28.3 Å². The topological polar surface area (TPSA) is 15.4 Å². The van der Waals surface area contributed by atoms with Crippen molar-refractivity contribution in [2.24, 2.45) is 5.11 Å². The van der Waals surface area contributed by atoms with Crippen LogP contribution in [0.3, 0.4) is 0 Å². The van der Waals surface area contributed by atoms with Gasteiger partial charge in [0, 0.05) is 12.5 Å². The summed E-state index contributed by atoms with van der Waals surface area (Å²) in [5.74, 6) is 0. The maximum atomic E-state index is 5.49. The van der Waals surface area contributed by atoms with Gasteiger partial charge in [0.05, 0.1) is 0 Å². The Kier molecular flexibility index (Phi) is 21.0. The van der Waals surface area contributed by atoms with E-state index >= 15 is 0 Å². The molecule has 0 radical (unpaired) electrons. The first kappa shape index (κ1) is 44.9. The summed E-state index contributed by atoms with van der Waals surface area (Å²) in [6, 6.07) is 32.1. The van der Waals surface area contributed by atoms with Gasteiger partial charge < -0.3 is 0 Å². The summed E-state index contributed by atoms with van der Waals surface area (Å²) < 4.78 is 2.29. The molecule has 0 fully saturated rings. The Morgan fingerprint density at radius 3 is 1.55 bits per heavy atom. The molecule has 4 rings (SSSR count). The number of allylic oxidation sites excluding steroid dienone is 1. The van der Waals surface area contributed by atoms with E-state index in [2.05, 4.69) is 137 Å². The highest BCUT2D eigenvalue weighted by molar-refractivity contribution is 5.74. The highest BCUT2D eigenvalue weighted by Crippen LogP contribution is 2.36. The van der Waals surface area contributed by atoms with E-state index < -0.39 is 0 Å². The third-order valence-corrected chi connectivity index (χ3v) is 11.5. The molecular weight excluding hydrogens is 677 g/mol. The minimum absolute atomic E-state index is 0.835. The van der Waals surface area contributed by atoms with Crippen LogP contribution in [0.1, 0.15) is 179 Å². The molecule has 0 aliphatic rings. The molecule has 0 saturated heterocycles. The van der Waals surface area contributed by atoms with Gasteiger partial charge in [-0.3, -0.25) is 0 Å². The Labute approximate surface area is 344 Å². The summed E-state index contributed by atoms with van der Waals surface area (Å²) in [4.78, 5) is 0. The summed E-state index contributed by atoms with van der Waals surface area (Å²) in [5, 5.41) is 5.49. The number of benzene rings is 4. The van der Waals surface area contributed by atoms with Gasteiger partial charge in [-0.2, -0.15) is 0 Å². The molecule has 0 aromatic heterocycles. The SMILES string of the molecule is CCCCCCCCc1cc(C=C(CC)[N+](CC)=Nc2cc(CCCC)c(-c3ccccc3)c(CCCCCCCC)c2)cc(-c2ccccc2)c1CCCC. The van der Waals surface area contributed by atoms with E-state index in [-0.39, 0.29) is 0 Å². The maximum Gasteiger partial charge on any atom is 0.208 e. The Bertz CT molecular complexity index is 1750. The number of nitrogens with zero attached hydrogens (tertiary/aromatic N) is 2. The van der Waals surface area contributed by atoms with Crippen LogP contribution >= 0.6 is 0 Å². The quantitative estimate of drug-likeness (QED) is 0.0327. The molecule has 0 unspecified atom stereocenters. The highest BCUT2D eigenvalue weighted by Gasteiger charge is 2.19. The molecule has 0 spiro atoms. The van der Waals surface area contributed by atoms with Gasteiger partial charge in [-0.25, -0.2) is 0 Å². The molecule has 0 aliphatic heterocycles. The van der Waals surface area contributed by atoms with Crippen molar-refractivity contribution < 1.29 is 4.70 Å². The Hall–Kier alpha value is -3.78. The van der Waals surface area contributed by atoms with Crippen LogP contribution in [0.4, 0.5) is 5.69 Å². The van der Waals surface area contributed by atoms with Crippen LogP contribution in [-0.4, -0.2) is 11.2 Å². The lowest BCUT2D eigenvalue weighted by Crippen LogP contribution is -2.08. The molecule has 0 heterocycles. The van der Waals surface area contributed by atoms with E-state index in [0.29, 0.717) is 0 Å². The van der Waals surface area contributed by atoms with Gasteiger partial charge in [-0.15, -0.1) is 0 Å². The predicted molar refractivity (Wildman–Crippen MR) is 246 cm³/mol. The first-order valence-corrected chi connectivity index (χ1v) is 23.2. The van der Waals surface area contributed by atoms with E-state index in [9.17, 15) is 0 Å². The van der Waals surface area contributed by atoms with E-state index in [0.717, 1.165) is 44.3 Å². The molecule has 2 nitrogen and oxygen atoms in total. The molecule has 0 bridgehead atoms. The fraction of sp³-hybridized carbons (Fsp3) is 0.519. The lowest BCUT2D eigenvalue weighted by atomic mass is 9.87. The Balaban J connectivity index is 1.79. The minimum atomic E-state index is 0.835. The fourth-order valence-corrected chi connectivity index (χ4v) is 8.35. The molecule has 302 valence electrons. The van der Waals surface area contributed by atoms with E-state index in [4.69, 9.17) is 5.11 Å². The number of rotatable bonds is 27. The molecule has 4 aromatic carbocycles. The second kappa shape index (κ2) is 26.2. The average molecular weight is 754 g/mol. The second-order valence-corrected chi connectivity index (χ2v) is 16.1. The van der Waals surface area contributed by atoms with Crippen LogP contribution in [0.5, 0.6) is 0 Å². The molecule has 4 aromatic rings. The summed E-state index contributed by atoms with van der Waals surface area (Å²) in [7, 11) is 0. The first-order chi connectivity index (χ1) is 27.6. The van der Waals surface area contributed by atoms with Crippen molar-refractivity contribution in [3.05, 3.63) is 118 Å². The normalized spacial score (nSPS) is 12.1. The fourth-order valence-electron chi connectivity index (χ4n) is 8.35. The summed E-state index contributed by atoms with van der Waals surface area (Å²) in [6.45, 7) is 14.6. The van der Waals surface area contributed by atoms with Crippen LogP contribution in [-0.2, 0) is 25.7 Å². The van der Waals surface area contributed by atoms with Crippen molar-refractivity contribution in [1.82, 2.24) is 0 Å². The van der Waals surface area contributed by atoms with Crippen molar-refractivity contribution in [3.63, 3.8) is 0 Å². The number of hydrogen-bond acceptors (Lipinski definition) is 1. The largest absolute Gasteiger partial charge is 0.208 e. The van der Waals surface area contributed by atoms with E-state index in [1.165, 1.54) is 147 Å². The smallest absolute Gasteiger partial charge is 0.0882 e. The van der Waals surface area contributed by atoms with E-state index in [1.807, 2.05) is 0 Å². The van der Waals surface area contributed by atoms with Crippen LogP contribution < -0.4 is 0 Å². The van der Waals surface area contributed by atoms with Crippen molar-refractivity contribution in [1.29, 1.82) is 0 Å². The van der Waals surface area contributed by atoms with Crippen LogP contribution in [0.2, 0.25) is 0 Å². The Morgan fingerprint density at radius 1 is 0.500 bits per heavy atom. The first-order valence-electron chi connectivity index (χ1n) is 23.2. The maximum absolute atomic E-state index is 5.49. The Morgan fingerprint density at radius 2 is 1.00 bits per heavy atom. The summed E-state index contributed by atoms with van der Waals surface area (Å²) >= 11 is 0. The lowest BCUT2D eigenvalue weighted by molar-refractivity contribution is -0.539. The van der Waals surface area contributed by atoms with Gasteiger partial charge in [-0.05, 0) is 132 Å². The van der Waals surface area contributed by atoms with Crippen molar-refractivity contribution in [3.8, 4) is 22.3 Å². The molecular formula is C54H77N2+. The van der Waals surface area contributed by atoms with Gasteiger partial charge in [0.15, 0.2) is 6.54 Å². The number of aryl methyl sites for hydroxylation is 3. The summed E-state index contributed by atoms with van der Waals surface area (Å²) in [5.41, 5.74) is 15.3. The van der Waals surface area contributed by atoms with Gasteiger partial charge in [0.1, 0.15) is 5.69 Å². The zero-order valence-electron chi connectivity index (χ0n) is 36.6. The number of azo groups is 2. The van der Waals surface area contributed by atoms with Gasteiger partial charge >= 0.3 is 0 Å². The van der Waals surface area contributed by atoms with Crippen molar-refractivity contribution in [2.45, 2.75) is 176 Å². The standard InChI is InChI=1S/C54H77N2/c1-7-13-17-19-21-25-36-47-39-44(41-53(52(47)38-16-10-4)45-32-27-23-28-33-45)40-51(11-5)56(12-6)55-50-42-48(31-15-9-3)54(46-34-29-24-30-35-46)49(43-50)37-26-22-20-18-14-8-2/h23-24,27-30,32-35,39-43H,7-22,25-26,31,36-38H2,1-6H3/q+1. The third-order valence-electron chi connectivity index (χ3n) is 11.5. The molecule has 56 heavy (non-hydrogen) atoms. The second-order valence-electron chi connectivity index (χ2n) is 16.1. The van der Waals surface area contributed by atoms with Gasteiger partial charge in [0.2, 0.25) is 5.70 Å². The monoisotopic (exact) mass is 754 g/mol. The average Bonchev–Trinajstić information content (AvgIpc) is 3.23. The predicted octanol–water partition coefficient (Wildman–Crippen LogP) is 17.1. The molecule has 2 heteroatoms. The summed E-state index contributed by atoms with van der Waals surface area (Å²) in [6.07, 6.45) is 28.5. The molecule has 0 atom stereocenters. The molecule has 0 aliphatic carbocycles. The minimum Gasteiger partial charge on any atom is -0.0882 e. The van der Waals surface area contributed by atoms with Crippen molar-refractivity contribution in [2.75, 3.05) is 6.54 Å². The molecule has 0 saturated carbocycles. The van der Waals surface area contributed by atoms with E-state index in [1.54, 1.807) is 11.1 Å². The zero-order chi connectivity index (χ0) is 39.8. The highest BCUT2D eigenvalue weighted by atomic mass is 15.3. The molecule has 0 amide bonds. The van der Waals surface area contributed by atoms with Crippen LogP contribution in [0, 0.1) is 0 Å².